The van der Waals surface area contributed by atoms with Gasteiger partial charge in [0.15, 0.2) is 0 Å². The number of hydrogen-bond acceptors (Lipinski definition) is 2. The van der Waals surface area contributed by atoms with Gasteiger partial charge in [-0.05, 0) is 42.9 Å². The van der Waals surface area contributed by atoms with E-state index in [1.54, 1.807) is 0 Å². The number of benzene rings is 1. The summed E-state index contributed by atoms with van der Waals surface area (Å²) in [5.41, 5.74) is 2.22. The number of likely N-dealkylation sites (tertiary alicyclic amines) is 1. The molecule has 0 spiro atoms. The Hall–Kier alpha value is -1.35. The molecule has 116 valence electrons. The molecule has 0 amide bonds. The van der Waals surface area contributed by atoms with E-state index in [1.807, 2.05) is 12.1 Å². The second-order valence-corrected chi connectivity index (χ2v) is 7.20. The molecule has 21 heavy (non-hydrogen) atoms. The Morgan fingerprint density at radius 1 is 1.24 bits per heavy atom. The summed E-state index contributed by atoms with van der Waals surface area (Å²) < 4.78 is 0. The fraction of sp³-hybridized carbons (Fsp3) is 0.611. The molecule has 1 aromatic rings. The summed E-state index contributed by atoms with van der Waals surface area (Å²) >= 11 is 0. The molecule has 2 unspecified atom stereocenters. The summed E-state index contributed by atoms with van der Waals surface area (Å²) in [4.78, 5) is 13.9. The first kappa shape index (κ1) is 16.0. The van der Waals surface area contributed by atoms with Gasteiger partial charge >= 0.3 is 5.97 Å². The highest BCUT2D eigenvalue weighted by Gasteiger charge is 2.32. The van der Waals surface area contributed by atoms with Crippen molar-refractivity contribution in [2.24, 2.45) is 0 Å². The van der Waals surface area contributed by atoms with Crippen molar-refractivity contribution in [2.75, 3.05) is 6.54 Å². The first-order valence-corrected chi connectivity index (χ1v) is 7.89. The highest BCUT2D eigenvalue weighted by molar-refractivity contribution is 5.75. The topological polar surface area (TPSA) is 40.5 Å². The van der Waals surface area contributed by atoms with Gasteiger partial charge in [0.25, 0.3) is 0 Å². The van der Waals surface area contributed by atoms with Gasteiger partial charge in [0.05, 0.1) is 0 Å². The number of carboxylic acid groups (broad SMARTS) is 1. The van der Waals surface area contributed by atoms with Gasteiger partial charge in [-0.15, -0.1) is 0 Å². The van der Waals surface area contributed by atoms with Crippen LogP contribution in [-0.2, 0) is 10.2 Å². The van der Waals surface area contributed by atoms with Crippen LogP contribution in [0.25, 0.3) is 0 Å². The molecule has 3 nitrogen and oxygen atoms in total. The Kier molecular flexibility index (Phi) is 4.72. The van der Waals surface area contributed by atoms with Gasteiger partial charge in [0.1, 0.15) is 6.04 Å². The predicted octanol–water partition coefficient (Wildman–Crippen LogP) is 3.98. The lowest BCUT2D eigenvalue weighted by Gasteiger charge is -2.37. The highest BCUT2D eigenvalue weighted by atomic mass is 16.4. The van der Waals surface area contributed by atoms with Crippen molar-refractivity contribution < 1.29 is 9.90 Å². The van der Waals surface area contributed by atoms with Crippen LogP contribution in [0.2, 0.25) is 0 Å². The number of piperidine rings is 1. The summed E-state index contributed by atoms with van der Waals surface area (Å²) in [6, 6.07) is 7.93. The molecule has 1 N–H and O–H groups in total. The molecule has 2 rings (SSSR count). The Bertz CT molecular complexity index is 487. The van der Waals surface area contributed by atoms with Crippen LogP contribution in [0, 0.1) is 0 Å². The van der Waals surface area contributed by atoms with Crippen molar-refractivity contribution in [3.8, 4) is 0 Å². The monoisotopic (exact) mass is 289 g/mol. The number of carbonyl (C=O) groups is 1. The fourth-order valence-electron chi connectivity index (χ4n) is 3.15. The van der Waals surface area contributed by atoms with E-state index in [0.29, 0.717) is 6.04 Å². The highest BCUT2D eigenvalue weighted by Crippen LogP contribution is 2.30. The minimum atomic E-state index is -0.743. The van der Waals surface area contributed by atoms with Crippen molar-refractivity contribution in [2.45, 2.75) is 64.5 Å². The zero-order chi connectivity index (χ0) is 15.6. The zero-order valence-electron chi connectivity index (χ0n) is 13.6. The second-order valence-electron chi connectivity index (χ2n) is 7.20. The summed E-state index contributed by atoms with van der Waals surface area (Å²) in [7, 11) is 0. The Balaban J connectivity index is 2.28. The first-order valence-electron chi connectivity index (χ1n) is 7.89. The average Bonchev–Trinajstić information content (AvgIpc) is 2.40. The molecular weight excluding hydrogens is 262 g/mol. The molecule has 1 aromatic carbocycles. The normalized spacial score (nSPS) is 22.0. The Morgan fingerprint density at radius 3 is 2.33 bits per heavy atom. The van der Waals surface area contributed by atoms with E-state index in [9.17, 15) is 9.90 Å². The maximum atomic E-state index is 11.8. The number of nitrogens with zero attached hydrogens (tertiary/aromatic N) is 1. The van der Waals surface area contributed by atoms with Crippen LogP contribution in [0.4, 0.5) is 0 Å². The lowest BCUT2D eigenvalue weighted by atomic mass is 9.86. The molecule has 0 aliphatic carbocycles. The summed E-state index contributed by atoms with van der Waals surface area (Å²) in [6.07, 6.45) is 3.38. The van der Waals surface area contributed by atoms with Crippen LogP contribution in [-0.4, -0.2) is 28.6 Å². The van der Waals surface area contributed by atoms with Crippen LogP contribution in [0.5, 0.6) is 0 Å². The molecule has 2 atom stereocenters. The van der Waals surface area contributed by atoms with Crippen molar-refractivity contribution in [3.05, 3.63) is 35.4 Å². The van der Waals surface area contributed by atoms with Gasteiger partial charge < -0.3 is 5.11 Å². The van der Waals surface area contributed by atoms with E-state index in [2.05, 4.69) is 44.7 Å². The van der Waals surface area contributed by atoms with E-state index in [0.717, 1.165) is 24.9 Å². The lowest BCUT2D eigenvalue weighted by molar-refractivity contribution is -0.145. The van der Waals surface area contributed by atoms with E-state index in [-0.39, 0.29) is 5.41 Å². The SMILES string of the molecule is CC1CCCCN1C(C(=O)O)c1ccc(C(C)(C)C)cc1. The predicted molar refractivity (Wildman–Crippen MR) is 85.5 cm³/mol. The minimum absolute atomic E-state index is 0.0929. The molecule has 1 saturated heterocycles. The van der Waals surface area contributed by atoms with Crippen LogP contribution in [0.15, 0.2) is 24.3 Å². The number of carboxylic acids is 1. The minimum Gasteiger partial charge on any atom is -0.480 e. The van der Waals surface area contributed by atoms with E-state index in [1.165, 1.54) is 12.0 Å². The Morgan fingerprint density at radius 2 is 1.86 bits per heavy atom. The Labute approximate surface area is 128 Å². The molecular formula is C18H27NO2. The standard InChI is InChI=1S/C18H27NO2/c1-13-7-5-6-12-19(13)16(17(20)21)14-8-10-15(11-9-14)18(2,3)4/h8-11,13,16H,5-7,12H2,1-4H3,(H,20,21). The second kappa shape index (κ2) is 6.18. The van der Waals surface area contributed by atoms with Crippen molar-refractivity contribution in [1.82, 2.24) is 4.90 Å². The van der Waals surface area contributed by atoms with Crippen LogP contribution in [0.3, 0.4) is 0 Å². The van der Waals surface area contributed by atoms with Crippen LogP contribution >= 0.6 is 0 Å². The lowest BCUT2D eigenvalue weighted by Crippen LogP contribution is -2.43. The van der Waals surface area contributed by atoms with Gasteiger partial charge in [-0.2, -0.15) is 0 Å². The molecule has 1 heterocycles. The smallest absolute Gasteiger partial charge is 0.325 e. The van der Waals surface area contributed by atoms with Crippen molar-refractivity contribution in [1.29, 1.82) is 0 Å². The fourth-order valence-corrected chi connectivity index (χ4v) is 3.15. The van der Waals surface area contributed by atoms with E-state index in [4.69, 9.17) is 0 Å². The first-order chi connectivity index (χ1) is 9.80. The molecule has 3 heteroatoms. The number of hydrogen-bond donors (Lipinski definition) is 1. The van der Waals surface area contributed by atoms with Crippen molar-refractivity contribution >= 4 is 5.97 Å². The summed E-state index contributed by atoms with van der Waals surface area (Å²) in [5, 5.41) is 9.68. The number of rotatable bonds is 3. The molecule has 0 aromatic heterocycles. The quantitative estimate of drug-likeness (QED) is 0.915. The third-order valence-corrected chi connectivity index (χ3v) is 4.51. The number of aliphatic carboxylic acids is 1. The zero-order valence-corrected chi connectivity index (χ0v) is 13.6. The van der Waals surface area contributed by atoms with Gasteiger partial charge in [-0.3, -0.25) is 9.69 Å². The molecule has 0 radical (unpaired) electrons. The van der Waals surface area contributed by atoms with Crippen molar-refractivity contribution in [3.63, 3.8) is 0 Å². The summed E-state index contributed by atoms with van der Waals surface area (Å²) in [6.45, 7) is 9.52. The van der Waals surface area contributed by atoms with Gasteiger partial charge in [-0.25, -0.2) is 0 Å². The van der Waals surface area contributed by atoms with Gasteiger partial charge in [0, 0.05) is 6.04 Å². The van der Waals surface area contributed by atoms with Gasteiger partial charge in [0.2, 0.25) is 0 Å². The summed E-state index contributed by atoms with van der Waals surface area (Å²) in [5.74, 6) is -0.743. The third-order valence-electron chi connectivity index (χ3n) is 4.51. The largest absolute Gasteiger partial charge is 0.480 e. The van der Waals surface area contributed by atoms with E-state index < -0.39 is 12.0 Å². The molecule has 0 saturated carbocycles. The maximum Gasteiger partial charge on any atom is 0.325 e. The van der Waals surface area contributed by atoms with E-state index >= 15 is 0 Å². The molecule has 0 bridgehead atoms. The maximum absolute atomic E-state index is 11.8. The van der Waals surface area contributed by atoms with Crippen LogP contribution < -0.4 is 0 Å². The average molecular weight is 289 g/mol. The third kappa shape index (κ3) is 3.65. The van der Waals surface area contributed by atoms with Crippen LogP contribution in [0.1, 0.15) is 64.1 Å². The molecule has 1 aliphatic rings. The molecule has 1 fully saturated rings. The van der Waals surface area contributed by atoms with Gasteiger partial charge in [-0.1, -0.05) is 51.5 Å². The molecule has 1 aliphatic heterocycles.